The number of ether oxygens (including phenoxy) is 1. The summed E-state index contributed by atoms with van der Waals surface area (Å²) in [6, 6.07) is 19.6. The highest BCUT2D eigenvalue weighted by molar-refractivity contribution is 7.92. The van der Waals surface area contributed by atoms with Crippen molar-refractivity contribution < 1.29 is 22.7 Å². The van der Waals surface area contributed by atoms with Gasteiger partial charge in [-0.25, -0.2) is 8.42 Å². The topological polar surface area (TPSA) is 96.0 Å². The molecule has 0 saturated carbocycles. The molecule has 2 amide bonds. The first-order chi connectivity index (χ1) is 19.4. The largest absolute Gasteiger partial charge is 0.497 e. The van der Waals surface area contributed by atoms with E-state index in [0.717, 1.165) is 16.1 Å². The Hall–Kier alpha value is -3.27. The highest BCUT2D eigenvalue weighted by Gasteiger charge is 2.33. The van der Waals surface area contributed by atoms with Crippen molar-refractivity contribution in [3.05, 3.63) is 94.0 Å². The number of sulfonamides is 1. The Kier molecular flexibility index (Phi) is 11.5. The fourth-order valence-electron chi connectivity index (χ4n) is 4.19. The van der Waals surface area contributed by atoms with Gasteiger partial charge in [0.05, 0.1) is 19.1 Å². The summed E-state index contributed by atoms with van der Waals surface area (Å²) in [6.45, 7) is 3.69. The third-order valence-electron chi connectivity index (χ3n) is 6.39. The number of carbonyl (C=O) groups excluding carboxylic acids is 2. The predicted molar refractivity (Wildman–Crippen MR) is 164 cm³/mol. The molecule has 220 valence electrons. The Labute approximate surface area is 252 Å². The maximum atomic E-state index is 14.1. The van der Waals surface area contributed by atoms with E-state index < -0.39 is 28.5 Å². The first-order valence-electron chi connectivity index (χ1n) is 13.1. The molecule has 3 aromatic rings. The highest BCUT2D eigenvalue weighted by Crippen LogP contribution is 2.28. The van der Waals surface area contributed by atoms with Crippen LogP contribution in [0.1, 0.15) is 25.0 Å². The van der Waals surface area contributed by atoms with Gasteiger partial charge in [0.2, 0.25) is 21.8 Å². The van der Waals surface area contributed by atoms with Crippen LogP contribution in [0.4, 0.5) is 5.69 Å². The molecule has 0 radical (unpaired) electrons. The summed E-state index contributed by atoms with van der Waals surface area (Å²) < 4.78 is 32.0. The van der Waals surface area contributed by atoms with E-state index in [1.165, 1.54) is 12.0 Å². The van der Waals surface area contributed by atoms with Crippen LogP contribution in [0.2, 0.25) is 10.0 Å². The number of hydrogen-bond donors (Lipinski definition) is 1. The number of nitrogens with zero attached hydrogens (tertiary/aromatic N) is 2. The molecule has 0 bridgehead atoms. The first kappa shape index (κ1) is 32.2. The Morgan fingerprint density at radius 2 is 1.54 bits per heavy atom. The summed E-state index contributed by atoms with van der Waals surface area (Å²) in [5.74, 6) is -0.250. The van der Waals surface area contributed by atoms with Crippen molar-refractivity contribution in [3.63, 3.8) is 0 Å². The van der Waals surface area contributed by atoms with E-state index in [-0.39, 0.29) is 30.5 Å². The molecule has 0 aliphatic carbocycles. The Morgan fingerprint density at radius 1 is 0.927 bits per heavy atom. The highest BCUT2D eigenvalue weighted by atomic mass is 35.5. The molecule has 3 rings (SSSR count). The maximum absolute atomic E-state index is 14.1. The third kappa shape index (κ3) is 9.11. The SMILES string of the molecule is COc1ccc(N(CC(=O)N(Cc2c(Cl)cccc2Cl)[C@@H](Cc2ccccc2)C(=O)NCC(C)C)S(C)(=O)=O)cc1. The average Bonchev–Trinajstić information content (AvgIpc) is 2.93. The molecule has 0 aliphatic heterocycles. The van der Waals surface area contributed by atoms with E-state index in [1.807, 2.05) is 44.2 Å². The van der Waals surface area contributed by atoms with E-state index in [4.69, 9.17) is 27.9 Å². The quantitative estimate of drug-likeness (QED) is 0.284. The van der Waals surface area contributed by atoms with Crippen LogP contribution >= 0.6 is 23.2 Å². The van der Waals surface area contributed by atoms with Gasteiger partial charge in [-0.1, -0.05) is 73.4 Å². The van der Waals surface area contributed by atoms with Crippen molar-refractivity contribution >= 4 is 50.7 Å². The zero-order chi connectivity index (χ0) is 30.2. The minimum Gasteiger partial charge on any atom is -0.497 e. The van der Waals surface area contributed by atoms with Crippen LogP contribution in [0, 0.1) is 5.92 Å². The second kappa shape index (κ2) is 14.6. The molecule has 0 aliphatic rings. The van der Waals surface area contributed by atoms with Gasteiger partial charge in [-0.05, 0) is 47.9 Å². The molecular weight excluding hydrogens is 585 g/mol. The van der Waals surface area contributed by atoms with Crippen LogP contribution in [0.15, 0.2) is 72.8 Å². The molecular formula is C30H35Cl2N3O5S. The molecule has 8 nitrogen and oxygen atoms in total. The van der Waals surface area contributed by atoms with Gasteiger partial charge in [-0.2, -0.15) is 0 Å². The Morgan fingerprint density at radius 3 is 2.07 bits per heavy atom. The molecule has 0 heterocycles. The van der Waals surface area contributed by atoms with Gasteiger partial charge in [-0.3, -0.25) is 13.9 Å². The maximum Gasteiger partial charge on any atom is 0.244 e. The first-order valence-corrected chi connectivity index (χ1v) is 15.7. The molecule has 11 heteroatoms. The number of benzene rings is 3. The van der Waals surface area contributed by atoms with Gasteiger partial charge in [0.25, 0.3) is 0 Å². The van der Waals surface area contributed by atoms with Gasteiger partial charge in [-0.15, -0.1) is 0 Å². The standard InChI is InChI=1S/C30H35Cl2N3O5S/c1-21(2)18-33-30(37)28(17-22-9-6-5-7-10-22)34(19-25-26(31)11-8-12-27(25)32)29(36)20-35(41(4,38)39)23-13-15-24(40-3)16-14-23/h5-16,21,28H,17-20H2,1-4H3,(H,33,37)/t28-/m0/s1. The fourth-order valence-corrected chi connectivity index (χ4v) is 5.56. The number of carbonyl (C=O) groups is 2. The van der Waals surface area contributed by atoms with E-state index in [1.54, 1.807) is 42.5 Å². The van der Waals surface area contributed by atoms with Crippen LogP contribution in [-0.4, -0.2) is 57.6 Å². The second-order valence-corrected chi connectivity index (χ2v) is 12.8. The molecule has 3 aromatic carbocycles. The number of nitrogens with one attached hydrogen (secondary N) is 1. The third-order valence-corrected chi connectivity index (χ3v) is 8.23. The van der Waals surface area contributed by atoms with E-state index >= 15 is 0 Å². The van der Waals surface area contributed by atoms with Gasteiger partial charge < -0.3 is 15.0 Å². The summed E-state index contributed by atoms with van der Waals surface area (Å²) in [7, 11) is -2.39. The molecule has 1 N–H and O–H groups in total. The van der Waals surface area contributed by atoms with Crippen molar-refractivity contribution in [2.24, 2.45) is 5.92 Å². The smallest absolute Gasteiger partial charge is 0.244 e. The lowest BCUT2D eigenvalue weighted by molar-refractivity contribution is -0.140. The predicted octanol–water partition coefficient (Wildman–Crippen LogP) is 5.18. The monoisotopic (exact) mass is 619 g/mol. The van der Waals surface area contributed by atoms with Gasteiger partial charge in [0, 0.05) is 35.1 Å². The van der Waals surface area contributed by atoms with Crippen molar-refractivity contribution in [2.45, 2.75) is 32.9 Å². The van der Waals surface area contributed by atoms with Crippen molar-refractivity contribution in [1.82, 2.24) is 10.2 Å². The van der Waals surface area contributed by atoms with E-state index in [0.29, 0.717) is 27.9 Å². The summed E-state index contributed by atoms with van der Waals surface area (Å²) >= 11 is 13.0. The van der Waals surface area contributed by atoms with Crippen LogP contribution in [-0.2, 0) is 32.6 Å². The minimum atomic E-state index is -3.89. The van der Waals surface area contributed by atoms with Gasteiger partial charge in [0.1, 0.15) is 18.3 Å². The second-order valence-electron chi connectivity index (χ2n) is 10.0. The molecule has 41 heavy (non-hydrogen) atoms. The number of amides is 2. The number of halogens is 2. The lowest BCUT2D eigenvalue weighted by Gasteiger charge is -2.34. The molecule has 0 unspecified atom stereocenters. The lowest BCUT2D eigenvalue weighted by Crippen LogP contribution is -2.53. The van der Waals surface area contributed by atoms with Crippen LogP contribution in [0.5, 0.6) is 5.75 Å². The van der Waals surface area contributed by atoms with Crippen LogP contribution in [0.3, 0.4) is 0 Å². The summed E-state index contributed by atoms with van der Waals surface area (Å²) in [4.78, 5) is 29.2. The zero-order valence-corrected chi connectivity index (χ0v) is 25.8. The molecule has 0 fully saturated rings. The van der Waals surface area contributed by atoms with Crippen molar-refractivity contribution in [1.29, 1.82) is 0 Å². The van der Waals surface area contributed by atoms with Crippen molar-refractivity contribution in [2.75, 3.05) is 30.8 Å². The summed E-state index contributed by atoms with van der Waals surface area (Å²) in [6.07, 6.45) is 1.22. The van der Waals surface area contributed by atoms with Crippen LogP contribution in [0.25, 0.3) is 0 Å². The molecule has 1 atom stereocenters. The summed E-state index contributed by atoms with van der Waals surface area (Å²) in [5, 5.41) is 3.59. The molecule has 0 spiro atoms. The number of hydrogen-bond acceptors (Lipinski definition) is 5. The van der Waals surface area contributed by atoms with Crippen LogP contribution < -0.4 is 14.4 Å². The Bertz CT molecular complexity index is 1410. The fraction of sp³-hybridized carbons (Fsp3) is 0.333. The average molecular weight is 621 g/mol. The van der Waals surface area contributed by atoms with E-state index in [2.05, 4.69) is 5.32 Å². The Balaban J connectivity index is 2.08. The minimum absolute atomic E-state index is 0.107. The van der Waals surface area contributed by atoms with Crippen molar-refractivity contribution in [3.8, 4) is 5.75 Å². The lowest BCUT2D eigenvalue weighted by atomic mass is 10.0. The summed E-state index contributed by atoms with van der Waals surface area (Å²) in [5.41, 5.74) is 1.56. The van der Waals surface area contributed by atoms with Gasteiger partial charge >= 0.3 is 0 Å². The number of rotatable bonds is 13. The number of anilines is 1. The van der Waals surface area contributed by atoms with Gasteiger partial charge in [0.15, 0.2) is 0 Å². The number of methoxy groups -OCH3 is 1. The normalized spacial score (nSPS) is 12.1. The molecule has 0 saturated heterocycles. The van der Waals surface area contributed by atoms with E-state index in [9.17, 15) is 18.0 Å². The molecule has 0 aromatic heterocycles. The zero-order valence-electron chi connectivity index (χ0n) is 23.5.